The number of hydrogen-bond donors (Lipinski definition) is 2. The Labute approximate surface area is 259 Å². The lowest BCUT2D eigenvalue weighted by atomic mass is 9.67. The first kappa shape index (κ1) is 30.4. The van der Waals surface area contributed by atoms with Crippen LogP contribution in [0.5, 0.6) is 5.75 Å². The molecule has 0 radical (unpaired) electrons. The lowest BCUT2D eigenvalue weighted by Gasteiger charge is -2.48. The summed E-state index contributed by atoms with van der Waals surface area (Å²) in [4.78, 5) is 15.4. The van der Waals surface area contributed by atoms with E-state index in [2.05, 4.69) is 28.3 Å². The molecule has 43 heavy (non-hydrogen) atoms. The molecule has 2 aliphatic carbocycles. The monoisotopic (exact) mass is 628 g/mol. The van der Waals surface area contributed by atoms with Crippen LogP contribution in [0.2, 0.25) is 5.02 Å². The summed E-state index contributed by atoms with van der Waals surface area (Å²) in [6.45, 7) is 7.87. The molecular formula is C33H41ClN2O6S. The smallest absolute Gasteiger partial charge is 0.264 e. The Balaban J connectivity index is 1.34. The van der Waals surface area contributed by atoms with Gasteiger partial charge in [0, 0.05) is 42.1 Å². The minimum Gasteiger partial charge on any atom is -0.490 e. The summed E-state index contributed by atoms with van der Waals surface area (Å²) in [5.41, 5.74) is 2.57. The van der Waals surface area contributed by atoms with E-state index in [4.69, 9.17) is 21.1 Å². The van der Waals surface area contributed by atoms with E-state index < -0.39 is 21.5 Å². The number of amides is 1. The lowest BCUT2D eigenvalue weighted by Crippen LogP contribution is -2.51. The first-order valence-corrected chi connectivity index (χ1v) is 17.3. The number of benzene rings is 2. The van der Waals surface area contributed by atoms with E-state index in [1.54, 1.807) is 18.2 Å². The van der Waals surface area contributed by atoms with Gasteiger partial charge in [0.2, 0.25) is 10.0 Å². The number of sulfonamides is 1. The Hall–Kier alpha value is -2.59. The Morgan fingerprint density at radius 3 is 2.81 bits per heavy atom. The molecule has 8 nitrogen and oxygen atoms in total. The van der Waals surface area contributed by atoms with Crippen molar-refractivity contribution in [3.8, 4) is 5.75 Å². The third kappa shape index (κ3) is 6.32. The molecule has 2 fully saturated rings. The lowest BCUT2D eigenvalue weighted by molar-refractivity contribution is -0.135. The number of nitrogens with one attached hydrogen (secondary N) is 1. The van der Waals surface area contributed by atoms with Gasteiger partial charge in [-0.2, -0.15) is 0 Å². The van der Waals surface area contributed by atoms with E-state index in [9.17, 15) is 18.3 Å². The van der Waals surface area contributed by atoms with Gasteiger partial charge in [-0.25, -0.2) is 13.1 Å². The van der Waals surface area contributed by atoms with Crippen LogP contribution in [0.4, 0.5) is 5.69 Å². The summed E-state index contributed by atoms with van der Waals surface area (Å²) in [6.07, 6.45) is 7.61. The highest BCUT2D eigenvalue weighted by molar-refractivity contribution is 7.90. The number of rotatable bonds is 7. The average Bonchev–Trinajstić information content (AvgIpc) is 3.07. The summed E-state index contributed by atoms with van der Waals surface area (Å²) in [7, 11) is -3.83. The van der Waals surface area contributed by atoms with Gasteiger partial charge in [-0.15, -0.1) is 6.58 Å². The van der Waals surface area contributed by atoms with Crippen molar-refractivity contribution in [1.82, 2.24) is 4.72 Å². The summed E-state index contributed by atoms with van der Waals surface area (Å²) < 4.78 is 39.5. The number of aliphatic hydroxyl groups is 1. The predicted molar refractivity (Wildman–Crippen MR) is 167 cm³/mol. The number of nitrogens with zero attached hydrogens (tertiary/aromatic N) is 1. The van der Waals surface area contributed by atoms with Crippen LogP contribution >= 0.6 is 11.6 Å². The molecule has 5 atom stereocenters. The normalized spacial score (nSPS) is 30.3. The standard InChI is InChI=1S/C33H41ClN2O6S/c1-3-15-43(39,40)35-31(37)23-7-11-29-28(17-23)36(19-24-6-9-26(24)30-18-32(2,38)13-14-41-30)20-33(21-42-29)12-4-5-22-16-25(34)8-10-27(22)33/h3,7-8,10-11,16-17,24,26,30,38H,1,4-6,9,12-15,18-21H2,2H3,(H,35,37)/t24-,26+,30+,32+,33-/m0/s1. The molecule has 2 aromatic carbocycles. The zero-order chi connectivity index (χ0) is 30.4. The average molecular weight is 629 g/mol. The van der Waals surface area contributed by atoms with Crippen molar-refractivity contribution in [1.29, 1.82) is 0 Å². The van der Waals surface area contributed by atoms with Gasteiger partial charge in [0.05, 0.1) is 29.8 Å². The van der Waals surface area contributed by atoms with Crippen LogP contribution in [0.25, 0.3) is 0 Å². The van der Waals surface area contributed by atoms with E-state index in [-0.39, 0.29) is 22.8 Å². The van der Waals surface area contributed by atoms with Crippen LogP contribution in [-0.4, -0.2) is 63.2 Å². The molecule has 1 saturated carbocycles. The maximum atomic E-state index is 13.1. The van der Waals surface area contributed by atoms with Crippen LogP contribution in [-0.2, 0) is 26.6 Å². The molecule has 1 amide bonds. The largest absolute Gasteiger partial charge is 0.490 e. The SMILES string of the molecule is C=CCS(=O)(=O)NC(=O)c1ccc2c(c1)N(C[C@@H]1CC[C@H]1[C@H]1C[C@](C)(O)CCO1)C[C@@]1(CCCc3cc(Cl)ccc31)CO2. The van der Waals surface area contributed by atoms with Crippen LogP contribution < -0.4 is 14.4 Å². The second kappa shape index (κ2) is 11.7. The number of anilines is 1. The second-order valence-corrected chi connectivity index (χ2v) is 15.4. The fourth-order valence-corrected chi connectivity index (χ4v) is 8.53. The highest BCUT2D eigenvalue weighted by Crippen LogP contribution is 2.48. The molecular weight excluding hydrogens is 588 g/mol. The summed E-state index contributed by atoms with van der Waals surface area (Å²) in [5, 5.41) is 11.5. The summed E-state index contributed by atoms with van der Waals surface area (Å²) in [6, 6.07) is 11.3. The zero-order valence-corrected chi connectivity index (χ0v) is 26.3. The number of ether oxygens (including phenoxy) is 2. The van der Waals surface area contributed by atoms with Crippen molar-refractivity contribution >= 4 is 33.2 Å². The number of halogens is 1. The maximum Gasteiger partial charge on any atom is 0.264 e. The maximum absolute atomic E-state index is 13.1. The number of carbonyl (C=O) groups excluding carboxylic acids is 1. The molecule has 6 rings (SSSR count). The Morgan fingerprint density at radius 2 is 2.07 bits per heavy atom. The molecule has 232 valence electrons. The molecule has 2 aliphatic heterocycles. The molecule has 0 bridgehead atoms. The van der Waals surface area contributed by atoms with E-state index in [0.29, 0.717) is 50.2 Å². The Kier molecular flexibility index (Phi) is 8.30. The summed E-state index contributed by atoms with van der Waals surface area (Å²) in [5.74, 6) is 0.338. The minimum atomic E-state index is -3.83. The second-order valence-electron chi connectivity index (χ2n) is 13.1. The minimum absolute atomic E-state index is 0.0175. The van der Waals surface area contributed by atoms with Crippen LogP contribution in [0.1, 0.15) is 66.9 Å². The van der Waals surface area contributed by atoms with Gasteiger partial charge >= 0.3 is 0 Å². The van der Waals surface area contributed by atoms with E-state index >= 15 is 0 Å². The van der Waals surface area contributed by atoms with Gasteiger partial charge < -0.3 is 19.5 Å². The van der Waals surface area contributed by atoms with Crippen molar-refractivity contribution in [2.24, 2.45) is 11.8 Å². The Bertz CT molecular complexity index is 1510. The van der Waals surface area contributed by atoms with E-state index in [1.807, 2.05) is 13.0 Å². The van der Waals surface area contributed by atoms with E-state index in [1.165, 1.54) is 17.2 Å². The van der Waals surface area contributed by atoms with Gasteiger partial charge in [-0.05, 0) is 98.7 Å². The van der Waals surface area contributed by atoms with Crippen molar-refractivity contribution in [3.63, 3.8) is 0 Å². The predicted octanol–water partition coefficient (Wildman–Crippen LogP) is 5.01. The van der Waals surface area contributed by atoms with Crippen molar-refractivity contribution in [2.75, 3.05) is 37.0 Å². The Morgan fingerprint density at radius 1 is 1.23 bits per heavy atom. The molecule has 0 aromatic heterocycles. The third-order valence-corrected chi connectivity index (χ3v) is 11.3. The first-order valence-electron chi connectivity index (χ1n) is 15.3. The number of carbonyl (C=O) groups is 1. The zero-order valence-electron chi connectivity index (χ0n) is 24.7. The fraction of sp³-hybridized carbons (Fsp3) is 0.545. The van der Waals surface area contributed by atoms with Crippen molar-refractivity contribution in [2.45, 2.75) is 69.0 Å². The molecule has 1 spiro atoms. The number of hydrogen-bond acceptors (Lipinski definition) is 7. The third-order valence-electron chi connectivity index (χ3n) is 9.91. The van der Waals surface area contributed by atoms with Gasteiger partial charge in [0.25, 0.3) is 5.91 Å². The fourth-order valence-electron chi connectivity index (χ4n) is 7.55. The van der Waals surface area contributed by atoms with Crippen LogP contribution in [0.15, 0.2) is 49.1 Å². The quantitative estimate of drug-likeness (QED) is 0.415. The molecule has 2 N–H and O–H groups in total. The molecule has 4 aliphatic rings. The van der Waals surface area contributed by atoms with Gasteiger partial charge in [-0.1, -0.05) is 23.7 Å². The van der Waals surface area contributed by atoms with Crippen LogP contribution in [0, 0.1) is 11.8 Å². The molecule has 1 saturated heterocycles. The van der Waals surface area contributed by atoms with Gasteiger partial charge in [-0.3, -0.25) is 4.79 Å². The topological polar surface area (TPSA) is 105 Å². The highest BCUT2D eigenvalue weighted by Gasteiger charge is 2.46. The van der Waals surface area contributed by atoms with Gasteiger partial charge in [0.15, 0.2) is 0 Å². The molecule has 2 heterocycles. The van der Waals surface area contributed by atoms with Crippen molar-refractivity contribution in [3.05, 3.63) is 70.8 Å². The van der Waals surface area contributed by atoms with E-state index in [0.717, 1.165) is 49.4 Å². The van der Waals surface area contributed by atoms with Gasteiger partial charge in [0.1, 0.15) is 5.75 Å². The molecule has 2 aromatic rings. The van der Waals surface area contributed by atoms with Crippen LogP contribution in [0.3, 0.4) is 0 Å². The highest BCUT2D eigenvalue weighted by atomic mass is 35.5. The summed E-state index contributed by atoms with van der Waals surface area (Å²) >= 11 is 6.40. The van der Waals surface area contributed by atoms with Crippen molar-refractivity contribution < 1.29 is 27.8 Å². The number of fused-ring (bicyclic) bond motifs is 3. The number of aryl methyl sites for hydroxylation is 1. The molecule has 10 heteroatoms. The molecule has 0 unspecified atom stereocenters. The first-order chi connectivity index (χ1) is 20.5.